The average Bonchev–Trinajstić information content (AvgIpc) is 2.75. The Labute approximate surface area is 102 Å². The molecule has 0 bridgehead atoms. The number of rotatable bonds is 3. The molecular weight excluding hydrogens is 216 g/mol. The largest absolute Gasteiger partial charge is 0.305 e. The molecule has 0 amide bonds. The molecule has 16 heavy (non-hydrogen) atoms. The summed E-state index contributed by atoms with van der Waals surface area (Å²) in [5.41, 5.74) is 0.410. The summed E-state index contributed by atoms with van der Waals surface area (Å²) < 4.78 is 0. The number of nitrogens with zero attached hydrogens (tertiary/aromatic N) is 1. The van der Waals surface area contributed by atoms with Crippen molar-refractivity contribution in [3.63, 3.8) is 0 Å². The van der Waals surface area contributed by atoms with Gasteiger partial charge in [-0.05, 0) is 24.8 Å². The number of thiazole rings is 1. The zero-order valence-electron chi connectivity index (χ0n) is 10.5. The molecule has 0 saturated heterocycles. The number of aromatic nitrogens is 1. The first-order chi connectivity index (χ1) is 7.62. The van der Waals surface area contributed by atoms with Crippen LogP contribution in [0.15, 0.2) is 11.6 Å². The summed E-state index contributed by atoms with van der Waals surface area (Å²) in [4.78, 5) is 4.58. The molecule has 3 heteroatoms. The van der Waals surface area contributed by atoms with Crippen LogP contribution < -0.4 is 5.32 Å². The van der Waals surface area contributed by atoms with E-state index in [2.05, 4.69) is 36.5 Å². The molecule has 0 spiro atoms. The summed E-state index contributed by atoms with van der Waals surface area (Å²) in [6.45, 7) is 7.98. The Morgan fingerprint density at radius 1 is 1.38 bits per heavy atom. The van der Waals surface area contributed by atoms with Crippen LogP contribution in [0.25, 0.3) is 0 Å². The lowest BCUT2D eigenvalue weighted by molar-refractivity contribution is 0.0608. The molecule has 2 nitrogen and oxygen atoms in total. The monoisotopic (exact) mass is 238 g/mol. The molecule has 1 fully saturated rings. The first-order valence-corrected chi connectivity index (χ1v) is 7.15. The van der Waals surface area contributed by atoms with Gasteiger partial charge in [-0.25, -0.2) is 4.98 Å². The van der Waals surface area contributed by atoms with Crippen molar-refractivity contribution in [3.05, 3.63) is 16.6 Å². The van der Waals surface area contributed by atoms with Gasteiger partial charge in [0.25, 0.3) is 0 Å². The molecule has 90 valence electrons. The van der Waals surface area contributed by atoms with Gasteiger partial charge >= 0.3 is 0 Å². The molecule has 1 aliphatic rings. The van der Waals surface area contributed by atoms with Gasteiger partial charge < -0.3 is 5.32 Å². The van der Waals surface area contributed by atoms with Gasteiger partial charge in [0.1, 0.15) is 5.01 Å². The second kappa shape index (κ2) is 4.46. The van der Waals surface area contributed by atoms with Crippen LogP contribution in [0.3, 0.4) is 0 Å². The Kier molecular flexibility index (Phi) is 3.36. The van der Waals surface area contributed by atoms with Crippen LogP contribution in [-0.2, 0) is 5.54 Å². The minimum absolute atomic E-state index is 0.105. The van der Waals surface area contributed by atoms with Crippen LogP contribution in [0, 0.1) is 5.41 Å². The number of hydrogen-bond donors (Lipinski definition) is 1. The summed E-state index contributed by atoms with van der Waals surface area (Å²) in [6.07, 6.45) is 7.12. The predicted octanol–water partition coefficient (Wildman–Crippen LogP) is 3.55. The summed E-state index contributed by atoms with van der Waals surface area (Å²) in [5, 5.41) is 7.11. The van der Waals surface area contributed by atoms with E-state index in [0.717, 1.165) is 6.54 Å². The van der Waals surface area contributed by atoms with Crippen LogP contribution >= 0.6 is 11.3 Å². The molecule has 1 atom stereocenters. The van der Waals surface area contributed by atoms with E-state index in [-0.39, 0.29) is 5.54 Å². The Balaban J connectivity index is 2.40. The van der Waals surface area contributed by atoms with Gasteiger partial charge in [0.15, 0.2) is 0 Å². The van der Waals surface area contributed by atoms with Crippen molar-refractivity contribution < 1.29 is 0 Å². The van der Waals surface area contributed by atoms with Crippen molar-refractivity contribution in [3.8, 4) is 0 Å². The van der Waals surface area contributed by atoms with Crippen LogP contribution in [0.5, 0.6) is 0 Å². The van der Waals surface area contributed by atoms with Gasteiger partial charge in [0.05, 0.1) is 5.54 Å². The zero-order valence-corrected chi connectivity index (χ0v) is 11.4. The molecule has 1 aromatic rings. The van der Waals surface area contributed by atoms with Crippen LogP contribution in [-0.4, -0.2) is 11.5 Å². The quantitative estimate of drug-likeness (QED) is 0.871. The molecular formula is C13H22N2S. The molecule has 0 radical (unpaired) electrons. The lowest BCUT2D eigenvalue weighted by Crippen LogP contribution is -2.55. The Morgan fingerprint density at radius 2 is 2.12 bits per heavy atom. The third-order valence-electron chi connectivity index (χ3n) is 4.03. The maximum Gasteiger partial charge on any atom is 0.113 e. The summed E-state index contributed by atoms with van der Waals surface area (Å²) in [5.74, 6) is 0. The van der Waals surface area contributed by atoms with Gasteiger partial charge in [0, 0.05) is 11.6 Å². The van der Waals surface area contributed by atoms with Crippen molar-refractivity contribution in [2.24, 2.45) is 5.41 Å². The van der Waals surface area contributed by atoms with E-state index in [1.54, 1.807) is 11.3 Å². The third kappa shape index (κ3) is 1.80. The molecule has 1 aliphatic carbocycles. The SMILES string of the molecule is CCNC1(c2nccs2)CCCCC1(C)C. The van der Waals surface area contributed by atoms with E-state index < -0.39 is 0 Å². The van der Waals surface area contributed by atoms with Crippen LogP contribution in [0.1, 0.15) is 51.5 Å². The summed E-state index contributed by atoms with van der Waals surface area (Å²) in [6, 6.07) is 0. The van der Waals surface area contributed by atoms with Crippen molar-refractivity contribution in [1.29, 1.82) is 0 Å². The summed E-state index contributed by atoms with van der Waals surface area (Å²) >= 11 is 1.80. The van der Waals surface area contributed by atoms with Crippen molar-refractivity contribution in [2.75, 3.05) is 6.54 Å². The second-order valence-electron chi connectivity index (χ2n) is 5.36. The highest BCUT2D eigenvalue weighted by Gasteiger charge is 2.48. The maximum atomic E-state index is 4.58. The summed E-state index contributed by atoms with van der Waals surface area (Å²) in [7, 11) is 0. The standard InChI is InChI=1S/C13H22N2S/c1-4-15-13(11-14-9-10-16-11)8-6-5-7-12(13,2)3/h9-10,15H,4-8H2,1-3H3. The van der Waals surface area contributed by atoms with Crippen molar-refractivity contribution in [1.82, 2.24) is 10.3 Å². The first kappa shape index (κ1) is 12.1. The van der Waals surface area contributed by atoms with E-state index in [0.29, 0.717) is 5.41 Å². The smallest absolute Gasteiger partial charge is 0.113 e. The van der Waals surface area contributed by atoms with Gasteiger partial charge in [-0.2, -0.15) is 0 Å². The highest BCUT2D eigenvalue weighted by Crippen LogP contribution is 2.50. The fraction of sp³-hybridized carbons (Fsp3) is 0.769. The van der Waals surface area contributed by atoms with Gasteiger partial charge in [-0.15, -0.1) is 11.3 Å². The number of nitrogens with one attached hydrogen (secondary N) is 1. The molecule has 0 aliphatic heterocycles. The van der Waals surface area contributed by atoms with E-state index in [1.165, 1.54) is 30.7 Å². The lowest BCUT2D eigenvalue weighted by Gasteiger charge is -2.49. The van der Waals surface area contributed by atoms with Gasteiger partial charge in [-0.3, -0.25) is 0 Å². The molecule has 1 heterocycles. The van der Waals surface area contributed by atoms with Crippen molar-refractivity contribution >= 4 is 11.3 Å². The van der Waals surface area contributed by atoms with E-state index in [4.69, 9.17) is 0 Å². The fourth-order valence-corrected chi connectivity index (χ4v) is 4.07. The minimum Gasteiger partial charge on any atom is -0.305 e. The predicted molar refractivity (Wildman–Crippen MR) is 69.7 cm³/mol. The van der Waals surface area contributed by atoms with E-state index >= 15 is 0 Å². The normalized spacial score (nSPS) is 29.2. The van der Waals surface area contributed by atoms with Crippen LogP contribution in [0.4, 0.5) is 0 Å². The zero-order chi connectivity index (χ0) is 11.6. The van der Waals surface area contributed by atoms with Crippen molar-refractivity contribution in [2.45, 2.75) is 52.0 Å². The Hall–Kier alpha value is -0.410. The Bertz CT molecular complexity index is 328. The maximum absolute atomic E-state index is 4.58. The first-order valence-electron chi connectivity index (χ1n) is 6.27. The lowest BCUT2D eigenvalue weighted by atomic mass is 9.63. The Morgan fingerprint density at radius 3 is 2.69 bits per heavy atom. The molecule has 1 aromatic heterocycles. The van der Waals surface area contributed by atoms with Crippen LogP contribution in [0.2, 0.25) is 0 Å². The molecule has 1 N–H and O–H groups in total. The van der Waals surface area contributed by atoms with Gasteiger partial charge in [0.2, 0.25) is 0 Å². The molecule has 1 unspecified atom stereocenters. The number of hydrogen-bond acceptors (Lipinski definition) is 3. The highest BCUT2D eigenvalue weighted by atomic mass is 32.1. The average molecular weight is 238 g/mol. The third-order valence-corrected chi connectivity index (χ3v) is 4.97. The fourth-order valence-electron chi connectivity index (χ4n) is 3.04. The van der Waals surface area contributed by atoms with E-state index in [9.17, 15) is 0 Å². The second-order valence-corrected chi connectivity index (χ2v) is 6.26. The highest BCUT2D eigenvalue weighted by molar-refractivity contribution is 7.09. The molecule has 0 aromatic carbocycles. The molecule has 1 saturated carbocycles. The minimum atomic E-state index is 0.105. The topological polar surface area (TPSA) is 24.9 Å². The van der Waals surface area contributed by atoms with E-state index in [1.807, 2.05) is 6.20 Å². The van der Waals surface area contributed by atoms with Gasteiger partial charge in [-0.1, -0.05) is 33.6 Å². The molecule has 2 rings (SSSR count).